The quantitative estimate of drug-likeness (QED) is 0.459. The van der Waals surface area contributed by atoms with E-state index in [1.165, 1.54) is 6.08 Å². The molecule has 0 heterocycles. The van der Waals surface area contributed by atoms with Crippen LogP contribution in [0.15, 0.2) is 54.1 Å². The molecule has 128 valence electrons. The number of hydrogen-bond acceptors (Lipinski definition) is 5. The molecule has 2 aromatic rings. The second-order valence-electron chi connectivity index (χ2n) is 5.54. The normalized spacial score (nSPS) is 10.7. The standard InChI is InChI=1S/C20H20N2O3/c1-22(2)18-10-8-15(9-11-18)12-17(13-21)20(23)25-14-16-6-4-5-7-19(16)24-3/h4-12H,14H2,1-3H3/b17-12-. The van der Waals surface area contributed by atoms with Gasteiger partial charge in [-0.25, -0.2) is 4.79 Å². The lowest BCUT2D eigenvalue weighted by atomic mass is 10.1. The minimum atomic E-state index is -0.662. The van der Waals surface area contributed by atoms with Crippen LogP contribution >= 0.6 is 0 Å². The number of esters is 1. The fraction of sp³-hybridized carbons (Fsp3) is 0.200. The lowest BCUT2D eigenvalue weighted by Gasteiger charge is -2.12. The maximum Gasteiger partial charge on any atom is 0.349 e. The van der Waals surface area contributed by atoms with Crippen molar-refractivity contribution in [1.29, 1.82) is 5.26 Å². The van der Waals surface area contributed by atoms with Crippen molar-refractivity contribution in [3.63, 3.8) is 0 Å². The van der Waals surface area contributed by atoms with Crippen molar-refractivity contribution in [3.8, 4) is 11.8 Å². The second kappa shape index (κ2) is 8.55. The van der Waals surface area contributed by atoms with Crippen LogP contribution in [0.3, 0.4) is 0 Å². The number of anilines is 1. The van der Waals surface area contributed by atoms with Gasteiger partial charge < -0.3 is 14.4 Å². The topological polar surface area (TPSA) is 62.6 Å². The third-order valence-corrected chi connectivity index (χ3v) is 3.61. The number of hydrogen-bond donors (Lipinski definition) is 0. The molecule has 0 fully saturated rings. The summed E-state index contributed by atoms with van der Waals surface area (Å²) in [4.78, 5) is 14.1. The zero-order chi connectivity index (χ0) is 18.2. The molecule has 2 rings (SSSR count). The summed E-state index contributed by atoms with van der Waals surface area (Å²) in [5, 5.41) is 9.25. The second-order valence-corrected chi connectivity index (χ2v) is 5.54. The average molecular weight is 336 g/mol. The van der Waals surface area contributed by atoms with Crippen molar-refractivity contribution in [2.75, 3.05) is 26.1 Å². The van der Waals surface area contributed by atoms with E-state index in [1.807, 2.05) is 67.5 Å². The molecule has 25 heavy (non-hydrogen) atoms. The Kier molecular flexibility index (Phi) is 6.19. The van der Waals surface area contributed by atoms with E-state index in [0.717, 1.165) is 16.8 Å². The van der Waals surface area contributed by atoms with E-state index in [1.54, 1.807) is 13.2 Å². The number of ether oxygens (including phenoxy) is 2. The van der Waals surface area contributed by atoms with Crippen LogP contribution in [-0.2, 0) is 16.1 Å². The molecule has 0 bridgehead atoms. The Morgan fingerprint density at radius 1 is 1.16 bits per heavy atom. The number of carbonyl (C=O) groups excluding carboxylic acids is 1. The molecule has 0 N–H and O–H groups in total. The Morgan fingerprint density at radius 3 is 2.44 bits per heavy atom. The van der Waals surface area contributed by atoms with Gasteiger partial charge in [-0.3, -0.25) is 0 Å². The van der Waals surface area contributed by atoms with Crippen molar-refractivity contribution >= 4 is 17.7 Å². The van der Waals surface area contributed by atoms with Crippen molar-refractivity contribution < 1.29 is 14.3 Å². The molecule has 0 atom stereocenters. The number of rotatable bonds is 6. The van der Waals surface area contributed by atoms with Gasteiger partial charge in [-0.1, -0.05) is 30.3 Å². The summed E-state index contributed by atoms with van der Waals surface area (Å²) in [6.07, 6.45) is 1.52. The molecule has 0 spiro atoms. The van der Waals surface area contributed by atoms with Crippen molar-refractivity contribution in [1.82, 2.24) is 0 Å². The van der Waals surface area contributed by atoms with E-state index < -0.39 is 5.97 Å². The summed E-state index contributed by atoms with van der Waals surface area (Å²) in [6.45, 7) is 0.0431. The van der Waals surface area contributed by atoms with Crippen LogP contribution < -0.4 is 9.64 Å². The average Bonchev–Trinajstić information content (AvgIpc) is 2.64. The number of nitrogens with zero attached hydrogens (tertiary/aromatic N) is 2. The van der Waals surface area contributed by atoms with Crippen molar-refractivity contribution in [3.05, 3.63) is 65.2 Å². The molecule has 5 nitrogen and oxygen atoms in total. The smallest absolute Gasteiger partial charge is 0.349 e. The highest BCUT2D eigenvalue weighted by Gasteiger charge is 2.12. The largest absolute Gasteiger partial charge is 0.496 e. The number of benzene rings is 2. The highest BCUT2D eigenvalue weighted by atomic mass is 16.5. The van der Waals surface area contributed by atoms with Crippen molar-refractivity contribution in [2.45, 2.75) is 6.61 Å². The van der Waals surface area contributed by atoms with E-state index in [9.17, 15) is 10.1 Å². The van der Waals surface area contributed by atoms with Crippen molar-refractivity contribution in [2.24, 2.45) is 0 Å². The maximum atomic E-state index is 12.2. The van der Waals surface area contributed by atoms with Crippen LogP contribution in [0.5, 0.6) is 5.75 Å². The predicted octanol–water partition coefficient (Wildman–Crippen LogP) is 3.41. The first-order valence-electron chi connectivity index (χ1n) is 7.73. The molecule has 0 amide bonds. The zero-order valence-corrected chi connectivity index (χ0v) is 14.5. The van der Waals surface area contributed by atoms with Gasteiger partial charge in [-0.15, -0.1) is 0 Å². The van der Waals surface area contributed by atoms with Gasteiger partial charge in [0.25, 0.3) is 0 Å². The predicted molar refractivity (Wildman–Crippen MR) is 97.1 cm³/mol. The molecule has 0 saturated carbocycles. The van der Waals surface area contributed by atoms with E-state index in [4.69, 9.17) is 9.47 Å². The molecule has 0 saturated heterocycles. The molecule has 0 aliphatic carbocycles. The lowest BCUT2D eigenvalue weighted by molar-refractivity contribution is -0.139. The maximum absolute atomic E-state index is 12.2. The number of methoxy groups -OCH3 is 1. The van der Waals surface area contributed by atoms with Gasteiger partial charge in [0, 0.05) is 25.3 Å². The first kappa shape index (κ1) is 18.1. The van der Waals surface area contributed by atoms with E-state index >= 15 is 0 Å². The molecule has 5 heteroatoms. The van der Waals surface area contributed by atoms with Gasteiger partial charge >= 0.3 is 5.97 Å². The summed E-state index contributed by atoms with van der Waals surface area (Å²) in [5.74, 6) is -0.0258. The fourth-order valence-electron chi connectivity index (χ4n) is 2.22. The van der Waals surface area contributed by atoms with Crippen LogP contribution in [0.4, 0.5) is 5.69 Å². The van der Waals surface area contributed by atoms with Crippen LogP contribution in [0.1, 0.15) is 11.1 Å². The van der Waals surface area contributed by atoms with Crippen LogP contribution in [-0.4, -0.2) is 27.2 Å². The van der Waals surface area contributed by atoms with Gasteiger partial charge in [0.05, 0.1) is 7.11 Å². The number of para-hydroxylation sites is 1. The molecule has 0 radical (unpaired) electrons. The number of nitriles is 1. The first-order valence-corrected chi connectivity index (χ1v) is 7.73. The van der Waals surface area contributed by atoms with Crippen LogP contribution in [0.25, 0.3) is 6.08 Å². The third-order valence-electron chi connectivity index (χ3n) is 3.61. The molecule has 0 aromatic heterocycles. The molecular weight excluding hydrogens is 316 g/mol. The summed E-state index contributed by atoms with van der Waals surface area (Å²) in [6, 6.07) is 16.7. The monoisotopic (exact) mass is 336 g/mol. The number of carbonyl (C=O) groups is 1. The Balaban J connectivity index is 2.09. The van der Waals surface area contributed by atoms with E-state index in [2.05, 4.69) is 0 Å². The van der Waals surface area contributed by atoms with Crippen LogP contribution in [0, 0.1) is 11.3 Å². The SMILES string of the molecule is COc1ccccc1COC(=O)/C(C#N)=C\c1ccc(N(C)C)cc1. The summed E-state index contributed by atoms with van der Waals surface area (Å²) in [7, 11) is 5.44. The Labute approximate surface area is 147 Å². The minimum Gasteiger partial charge on any atom is -0.496 e. The summed E-state index contributed by atoms with van der Waals surface area (Å²) >= 11 is 0. The fourth-order valence-corrected chi connectivity index (χ4v) is 2.22. The van der Waals surface area contributed by atoms with Gasteiger partial charge in [0.1, 0.15) is 24.0 Å². The zero-order valence-electron chi connectivity index (χ0n) is 14.5. The van der Waals surface area contributed by atoms with Crippen LogP contribution in [0.2, 0.25) is 0 Å². The molecule has 2 aromatic carbocycles. The molecule has 0 aliphatic rings. The van der Waals surface area contributed by atoms with Gasteiger partial charge in [0.15, 0.2) is 0 Å². The lowest BCUT2D eigenvalue weighted by Crippen LogP contribution is -2.08. The first-order chi connectivity index (χ1) is 12.0. The van der Waals surface area contributed by atoms with E-state index in [0.29, 0.717) is 5.75 Å². The molecular formula is C20H20N2O3. The highest BCUT2D eigenvalue weighted by molar-refractivity contribution is 5.97. The Bertz CT molecular complexity index is 802. The Morgan fingerprint density at radius 2 is 1.84 bits per heavy atom. The highest BCUT2D eigenvalue weighted by Crippen LogP contribution is 2.19. The molecule has 0 unspecified atom stereocenters. The third kappa shape index (κ3) is 4.85. The van der Waals surface area contributed by atoms with Gasteiger partial charge in [-0.05, 0) is 29.8 Å². The summed E-state index contributed by atoms with van der Waals surface area (Å²) in [5.41, 5.74) is 2.49. The van der Waals surface area contributed by atoms with Gasteiger partial charge in [-0.2, -0.15) is 5.26 Å². The Hall–Kier alpha value is -3.26. The van der Waals surface area contributed by atoms with Gasteiger partial charge in [0.2, 0.25) is 0 Å². The molecule has 0 aliphatic heterocycles. The minimum absolute atomic E-state index is 0.0431. The van der Waals surface area contributed by atoms with E-state index in [-0.39, 0.29) is 12.2 Å². The summed E-state index contributed by atoms with van der Waals surface area (Å²) < 4.78 is 10.5.